The van der Waals surface area contributed by atoms with Gasteiger partial charge in [-0.25, -0.2) is 0 Å². The molecule has 2 heterocycles. The van der Waals surface area contributed by atoms with E-state index in [-0.39, 0.29) is 6.54 Å². The number of para-hydroxylation sites is 1. The van der Waals surface area contributed by atoms with Crippen molar-refractivity contribution in [3.05, 3.63) is 34.8 Å². The first-order valence-corrected chi connectivity index (χ1v) is 7.48. The predicted octanol–water partition coefficient (Wildman–Crippen LogP) is 0.852. The lowest BCUT2D eigenvalue weighted by molar-refractivity contribution is -0.118. The molecule has 23 heavy (non-hydrogen) atoms. The number of aromatic nitrogens is 2. The Bertz CT molecular complexity index is 789. The van der Waals surface area contributed by atoms with Crippen LogP contribution in [0.4, 0.5) is 10.8 Å². The highest BCUT2D eigenvalue weighted by Crippen LogP contribution is 2.28. The smallest absolute Gasteiger partial charge is 0.299 e. The number of benzene rings is 1. The molecule has 0 saturated heterocycles. The zero-order chi connectivity index (χ0) is 16.4. The van der Waals surface area contributed by atoms with Gasteiger partial charge in [-0.1, -0.05) is 23.5 Å². The number of nitrogens with zero attached hydrogens (tertiary/aromatic N) is 3. The number of ketones is 1. The first-order valence-electron chi connectivity index (χ1n) is 6.66. The molecule has 0 radical (unpaired) electrons. The second-order valence-electron chi connectivity index (χ2n) is 4.72. The van der Waals surface area contributed by atoms with Crippen molar-refractivity contribution >= 4 is 39.8 Å². The summed E-state index contributed by atoms with van der Waals surface area (Å²) in [6, 6.07) is 6.58. The van der Waals surface area contributed by atoms with Crippen molar-refractivity contribution in [3.8, 4) is 0 Å². The summed E-state index contributed by atoms with van der Waals surface area (Å²) in [7, 11) is 1.53. The van der Waals surface area contributed by atoms with Crippen molar-refractivity contribution in [2.75, 3.05) is 23.9 Å². The zero-order valence-corrected chi connectivity index (χ0v) is 12.9. The normalized spacial score (nSPS) is 13.3. The van der Waals surface area contributed by atoms with Crippen LogP contribution >= 0.6 is 11.3 Å². The maximum atomic E-state index is 12.1. The van der Waals surface area contributed by atoms with Crippen molar-refractivity contribution in [2.24, 2.45) is 0 Å². The summed E-state index contributed by atoms with van der Waals surface area (Å²) in [6.45, 7) is 0.0425. The van der Waals surface area contributed by atoms with E-state index in [0.717, 1.165) is 4.90 Å². The summed E-state index contributed by atoms with van der Waals surface area (Å²) in [5, 5.41) is 11.2. The van der Waals surface area contributed by atoms with Crippen LogP contribution in [0.25, 0.3) is 0 Å². The third kappa shape index (κ3) is 2.96. The predicted molar refractivity (Wildman–Crippen MR) is 82.4 cm³/mol. The Morgan fingerprint density at radius 2 is 2.09 bits per heavy atom. The van der Waals surface area contributed by atoms with Gasteiger partial charge in [0.05, 0.1) is 11.3 Å². The fourth-order valence-corrected chi connectivity index (χ4v) is 2.92. The number of ether oxygens (including phenoxy) is 1. The van der Waals surface area contributed by atoms with Crippen LogP contribution in [0.15, 0.2) is 24.3 Å². The number of hydrogen-bond acceptors (Lipinski definition) is 7. The largest absolute Gasteiger partial charge is 0.377 e. The molecular weight excluding hydrogens is 320 g/mol. The second kappa shape index (κ2) is 6.23. The van der Waals surface area contributed by atoms with Crippen LogP contribution in [0.1, 0.15) is 15.4 Å². The summed E-state index contributed by atoms with van der Waals surface area (Å²) in [5.41, 5.74) is 0.749. The Kier molecular flexibility index (Phi) is 4.13. The summed E-state index contributed by atoms with van der Waals surface area (Å²) in [4.78, 5) is 37.1. The number of amides is 2. The minimum atomic E-state index is -0.710. The molecule has 118 valence electrons. The van der Waals surface area contributed by atoms with E-state index in [9.17, 15) is 14.4 Å². The number of carbonyl (C=O) groups excluding carboxylic acids is 3. The Morgan fingerprint density at radius 3 is 2.87 bits per heavy atom. The average Bonchev–Trinajstić information content (AvgIpc) is 3.07. The summed E-state index contributed by atoms with van der Waals surface area (Å²) < 4.78 is 4.92. The van der Waals surface area contributed by atoms with Crippen molar-refractivity contribution in [2.45, 2.75) is 6.61 Å². The molecule has 0 bridgehead atoms. The lowest BCUT2D eigenvalue weighted by Gasteiger charge is -2.15. The number of methoxy groups -OCH3 is 1. The molecule has 2 aromatic rings. The lowest BCUT2D eigenvalue weighted by Crippen LogP contribution is -2.37. The molecule has 2 amide bonds. The van der Waals surface area contributed by atoms with Gasteiger partial charge in [-0.15, -0.1) is 10.2 Å². The minimum absolute atomic E-state index is 0.263. The van der Waals surface area contributed by atoms with Gasteiger partial charge >= 0.3 is 0 Å². The number of nitrogens with one attached hydrogen (secondary N) is 1. The average molecular weight is 332 g/mol. The van der Waals surface area contributed by atoms with Crippen molar-refractivity contribution in [3.63, 3.8) is 0 Å². The van der Waals surface area contributed by atoms with Gasteiger partial charge in [0.1, 0.15) is 18.2 Å². The number of anilines is 2. The maximum absolute atomic E-state index is 12.1. The topological polar surface area (TPSA) is 101 Å². The fourth-order valence-electron chi connectivity index (χ4n) is 2.19. The minimum Gasteiger partial charge on any atom is -0.377 e. The quantitative estimate of drug-likeness (QED) is 0.815. The molecule has 0 aliphatic carbocycles. The van der Waals surface area contributed by atoms with Gasteiger partial charge in [0, 0.05) is 7.11 Å². The molecule has 1 aliphatic rings. The zero-order valence-electron chi connectivity index (χ0n) is 12.1. The van der Waals surface area contributed by atoms with Crippen molar-refractivity contribution < 1.29 is 19.1 Å². The van der Waals surface area contributed by atoms with Crippen molar-refractivity contribution in [1.29, 1.82) is 0 Å². The van der Waals surface area contributed by atoms with Gasteiger partial charge in [0.25, 0.3) is 11.7 Å². The van der Waals surface area contributed by atoms with E-state index in [4.69, 9.17) is 4.74 Å². The van der Waals surface area contributed by atoms with Gasteiger partial charge < -0.3 is 4.74 Å². The SMILES string of the molecule is COCc1nnc(NC(=O)CN2C(=O)C(=O)c3ccccc32)s1. The van der Waals surface area contributed by atoms with Crippen LogP contribution in [-0.2, 0) is 20.9 Å². The highest BCUT2D eigenvalue weighted by atomic mass is 32.1. The van der Waals surface area contributed by atoms with Crippen LogP contribution in [0, 0.1) is 0 Å². The Hall–Kier alpha value is -2.65. The van der Waals surface area contributed by atoms with E-state index in [0.29, 0.717) is 28.0 Å². The van der Waals surface area contributed by atoms with Gasteiger partial charge in [0.15, 0.2) is 0 Å². The van der Waals surface area contributed by atoms with Crippen LogP contribution in [0.3, 0.4) is 0 Å². The Labute approximate surface area is 135 Å². The fraction of sp³-hybridized carbons (Fsp3) is 0.214. The van der Waals surface area contributed by atoms with E-state index in [1.807, 2.05) is 0 Å². The molecule has 8 nitrogen and oxygen atoms in total. The van der Waals surface area contributed by atoms with E-state index in [1.165, 1.54) is 18.4 Å². The van der Waals surface area contributed by atoms with Gasteiger partial charge in [-0.3, -0.25) is 24.6 Å². The molecule has 0 fully saturated rings. The Balaban J connectivity index is 1.70. The number of Topliss-reactive ketones (excluding diaryl/α,β-unsaturated/α-hetero) is 1. The highest BCUT2D eigenvalue weighted by Gasteiger charge is 2.36. The summed E-state index contributed by atoms with van der Waals surface area (Å²) in [6.07, 6.45) is 0. The second-order valence-corrected chi connectivity index (χ2v) is 5.78. The molecule has 0 atom stereocenters. The maximum Gasteiger partial charge on any atom is 0.299 e. The molecule has 0 unspecified atom stereocenters. The summed E-state index contributed by atoms with van der Waals surface area (Å²) in [5.74, 6) is -1.77. The molecule has 1 aromatic heterocycles. The van der Waals surface area contributed by atoms with E-state index < -0.39 is 17.6 Å². The van der Waals surface area contributed by atoms with Crippen molar-refractivity contribution in [1.82, 2.24) is 10.2 Å². The molecule has 9 heteroatoms. The molecule has 1 aliphatic heterocycles. The van der Waals surface area contributed by atoms with Crippen LogP contribution in [0.2, 0.25) is 0 Å². The van der Waals surface area contributed by atoms with E-state index >= 15 is 0 Å². The van der Waals surface area contributed by atoms with Crippen LogP contribution in [-0.4, -0.2) is 41.4 Å². The molecular formula is C14H12N4O4S. The first-order chi connectivity index (χ1) is 11.1. The Morgan fingerprint density at radius 1 is 1.30 bits per heavy atom. The molecule has 1 aromatic carbocycles. The van der Waals surface area contributed by atoms with E-state index in [1.54, 1.807) is 24.3 Å². The number of hydrogen-bond donors (Lipinski definition) is 1. The highest BCUT2D eigenvalue weighted by molar-refractivity contribution is 7.15. The number of carbonyl (C=O) groups is 3. The van der Waals surface area contributed by atoms with Gasteiger partial charge in [0.2, 0.25) is 11.0 Å². The van der Waals surface area contributed by atoms with Gasteiger partial charge in [-0.05, 0) is 12.1 Å². The van der Waals surface area contributed by atoms with E-state index in [2.05, 4.69) is 15.5 Å². The first kappa shape index (κ1) is 15.3. The number of rotatable bonds is 5. The van der Waals surface area contributed by atoms with Crippen LogP contribution in [0.5, 0.6) is 0 Å². The summed E-state index contributed by atoms with van der Waals surface area (Å²) >= 11 is 1.18. The third-order valence-electron chi connectivity index (χ3n) is 3.16. The lowest BCUT2D eigenvalue weighted by atomic mass is 10.1. The molecule has 0 spiro atoms. The number of fused-ring (bicyclic) bond motifs is 1. The molecule has 1 N–H and O–H groups in total. The monoisotopic (exact) mass is 332 g/mol. The van der Waals surface area contributed by atoms with Gasteiger partial charge in [-0.2, -0.15) is 0 Å². The van der Waals surface area contributed by atoms with Crippen LogP contribution < -0.4 is 10.2 Å². The third-order valence-corrected chi connectivity index (χ3v) is 3.97. The standard InChI is InChI=1S/C14H12N4O4S/c1-22-7-11-16-17-14(23-11)15-10(19)6-18-9-5-3-2-4-8(9)12(20)13(18)21/h2-5H,6-7H2,1H3,(H,15,17,19). The molecule has 3 rings (SSSR count). The molecule has 0 saturated carbocycles.